The minimum absolute atomic E-state index is 0.0106. The summed E-state index contributed by atoms with van der Waals surface area (Å²) in [5.74, 6) is -0.763. The highest BCUT2D eigenvalue weighted by Crippen LogP contribution is 2.35. The molecule has 2 amide bonds. The lowest BCUT2D eigenvalue weighted by atomic mass is 10.0. The van der Waals surface area contributed by atoms with Gasteiger partial charge in [-0.25, -0.2) is 8.42 Å². The van der Waals surface area contributed by atoms with Crippen molar-refractivity contribution in [2.75, 3.05) is 25.0 Å². The Morgan fingerprint density at radius 2 is 1.61 bits per heavy atom. The fraction of sp³-hybridized carbons (Fsp3) is 0.212. The minimum atomic E-state index is -4.30. The summed E-state index contributed by atoms with van der Waals surface area (Å²) in [4.78, 5) is 29.2. The van der Waals surface area contributed by atoms with Gasteiger partial charge in [-0.05, 0) is 60.5 Å². The van der Waals surface area contributed by atoms with Crippen molar-refractivity contribution in [1.82, 2.24) is 10.2 Å². The maximum absolute atomic E-state index is 14.4. The van der Waals surface area contributed by atoms with Gasteiger partial charge in [0.05, 0.1) is 17.7 Å². The Hall–Kier alpha value is -3.86. The Morgan fingerprint density at radius 1 is 0.932 bits per heavy atom. The first-order chi connectivity index (χ1) is 21.0. The number of carbonyl (C=O) groups is 2. The van der Waals surface area contributed by atoms with Crippen LogP contribution < -0.4 is 14.4 Å². The van der Waals surface area contributed by atoms with Crippen LogP contribution in [0.15, 0.2) is 106 Å². The van der Waals surface area contributed by atoms with Gasteiger partial charge < -0.3 is 15.0 Å². The van der Waals surface area contributed by atoms with Gasteiger partial charge in [-0.3, -0.25) is 13.9 Å². The van der Waals surface area contributed by atoms with Gasteiger partial charge in [0.15, 0.2) is 0 Å². The summed E-state index contributed by atoms with van der Waals surface area (Å²) in [6, 6.07) is 26.7. The van der Waals surface area contributed by atoms with Gasteiger partial charge in [-0.1, -0.05) is 87.7 Å². The number of nitrogens with zero attached hydrogens (tertiary/aromatic N) is 2. The number of sulfonamides is 1. The number of amides is 2. The molecule has 11 heteroatoms. The van der Waals surface area contributed by atoms with Crippen molar-refractivity contribution in [2.45, 2.75) is 30.8 Å². The Morgan fingerprint density at radius 3 is 2.25 bits per heavy atom. The zero-order chi connectivity index (χ0) is 31.9. The van der Waals surface area contributed by atoms with E-state index in [0.29, 0.717) is 0 Å². The Labute approximate surface area is 271 Å². The van der Waals surface area contributed by atoms with Gasteiger partial charge in [0.1, 0.15) is 18.3 Å². The molecule has 0 saturated heterocycles. The van der Waals surface area contributed by atoms with Crippen LogP contribution in [0.4, 0.5) is 5.69 Å². The number of likely N-dealkylation sites (N-methyl/N-ethyl adjacent to an activating group) is 1. The number of hydrogen-bond donors (Lipinski definition) is 1. The van der Waals surface area contributed by atoms with Crippen LogP contribution in [-0.4, -0.2) is 51.9 Å². The monoisotopic (exact) mass is 697 g/mol. The van der Waals surface area contributed by atoms with Crippen LogP contribution in [0.3, 0.4) is 0 Å². The Balaban J connectivity index is 1.84. The van der Waals surface area contributed by atoms with E-state index < -0.39 is 28.5 Å². The third kappa shape index (κ3) is 7.99. The number of rotatable bonds is 12. The molecule has 4 aromatic carbocycles. The fourth-order valence-corrected chi connectivity index (χ4v) is 6.79. The van der Waals surface area contributed by atoms with E-state index in [0.717, 1.165) is 25.5 Å². The summed E-state index contributed by atoms with van der Waals surface area (Å²) in [7, 11) is -1.38. The molecule has 0 saturated carbocycles. The molecule has 1 atom stereocenters. The third-order valence-electron chi connectivity index (χ3n) is 7.06. The molecule has 0 aromatic heterocycles. The molecule has 0 bridgehead atoms. The van der Waals surface area contributed by atoms with Gasteiger partial charge in [0, 0.05) is 29.5 Å². The summed E-state index contributed by atoms with van der Waals surface area (Å²) < 4.78 is 35.7. The number of methoxy groups -OCH3 is 1. The highest BCUT2D eigenvalue weighted by atomic mass is 79.9. The number of ether oxygens (including phenoxy) is 1. The summed E-state index contributed by atoms with van der Waals surface area (Å²) >= 11 is 9.80. The summed E-state index contributed by atoms with van der Waals surface area (Å²) in [5, 5.41) is 2.94. The molecule has 0 aliphatic heterocycles. The van der Waals surface area contributed by atoms with E-state index in [-0.39, 0.29) is 40.2 Å². The van der Waals surface area contributed by atoms with Crippen LogP contribution in [0.1, 0.15) is 16.7 Å². The van der Waals surface area contributed by atoms with Gasteiger partial charge in [0.2, 0.25) is 11.8 Å². The van der Waals surface area contributed by atoms with E-state index in [1.807, 2.05) is 61.5 Å². The third-order valence-corrected chi connectivity index (χ3v) is 9.56. The standard InChI is InChI=1S/C33H33BrClN3O5S/c1-23-12-15-28(16-13-23)44(41,42)38(29-20-27(35)14-17-31(29)43-3)22-32(39)37(21-25-10-7-11-26(34)18-25)30(33(40)36-2)19-24-8-5-4-6-9-24/h4-18,20,30H,19,21-22H2,1-3H3,(H,36,40)/t30-/m1/s1. The second-order valence-corrected chi connectivity index (χ2v) is 13.3. The molecule has 0 unspecified atom stereocenters. The molecule has 230 valence electrons. The highest BCUT2D eigenvalue weighted by Gasteiger charge is 2.35. The lowest BCUT2D eigenvalue weighted by Crippen LogP contribution is -2.53. The first-order valence-electron chi connectivity index (χ1n) is 13.8. The van der Waals surface area contributed by atoms with Crippen LogP contribution in [0, 0.1) is 6.92 Å². The van der Waals surface area contributed by atoms with E-state index in [4.69, 9.17) is 16.3 Å². The topological polar surface area (TPSA) is 96.0 Å². The summed E-state index contributed by atoms with van der Waals surface area (Å²) in [5.41, 5.74) is 2.56. The van der Waals surface area contributed by atoms with Crippen molar-refractivity contribution in [2.24, 2.45) is 0 Å². The lowest BCUT2D eigenvalue weighted by molar-refractivity contribution is -0.139. The predicted molar refractivity (Wildman–Crippen MR) is 176 cm³/mol. The summed E-state index contributed by atoms with van der Waals surface area (Å²) in [6.45, 7) is 1.28. The first-order valence-corrected chi connectivity index (χ1v) is 16.4. The van der Waals surface area contributed by atoms with Crippen molar-refractivity contribution in [1.29, 1.82) is 0 Å². The van der Waals surface area contributed by atoms with Crippen LogP contribution in [0.2, 0.25) is 5.02 Å². The van der Waals surface area contributed by atoms with Crippen LogP contribution in [0.25, 0.3) is 0 Å². The minimum Gasteiger partial charge on any atom is -0.495 e. The molecule has 44 heavy (non-hydrogen) atoms. The SMILES string of the molecule is CNC(=O)[C@@H](Cc1ccccc1)N(Cc1cccc(Br)c1)C(=O)CN(c1cc(Cl)ccc1OC)S(=O)(=O)c1ccc(C)cc1. The predicted octanol–water partition coefficient (Wildman–Crippen LogP) is 6.00. The Bertz CT molecular complexity index is 1720. The Kier molecular flexibility index (Phi) is 11.1. The summed E-state index contributed by atoms with van der Waals surface area (Å²) in [6.07, 6.45) is 0.214. The van der Waals surface area contributed by atoms with E-state index in [9.17, 15) is 18.0 Å². The number of hydrogen-bond acceptors (Lipinski definition) is 5. The molecule has 0 radical (unpaired) electrons. The quantitative estimate of drug-likeness (QED) is 0.196. The van der Waals surface area contributed by atoms with E-state index in [1.165, 1.54) is 37.3 Å². The van der Waals surface area contributed by atoms with E-state index in [1.54, 1.807) is 24.3 Å². The lowest BCUT2D eigenvalue weighted by Gasteiger charge is -2.34. The average Bonchev–Trinajstić information content (AvgIpc) is 3.01. The normalized spacial score (nSPS) is 11.8. The molecular formula is C33H33BrClN3O5S. The van der Waals surface area contributed by atoms with Gasteiger partial charge >= 0.3 is 0 Å². The van der Waals surface area contributed by atoms with Gasteiger partial charge in [-0.2, -0.15) is 0 Å². The second-order valence-electron chi connectivity index (χ2n) is 10.1. The zero-order valence-corrected chi connectivity index (χ0v) is 27.7. The maximum Gasteiger partial charge on any atom is 0.264 e. The van der Waals surface area contributed by atoms with Crippen molar-refractivity contribution < 1.29 is 22.7 Å². The van der Waals surface area contributed by atoms with Gasteiger partial charge in [0.25, 0.3) is 10.0 Å². The van der Waals surface area contributed by atoms with Crippen molar-refractivity contribution in [3.05, 3.63) is 123 Å². The zero-order valence-electron chi connectivity index (χ0n) is 24.5. The number of anilines is 1. The van der Waals surface area contributed by atoms with Crippen LogP contribution >= 0.6 is 27.5 Å². The second kappa shape index (κ2) is 14.7. The van der Waals surface area contributed by atoms with Crippen LogP contribution in [0.5, 0.6) is 5.75 Å². The van der Waals surface area contributed by atoms with E-state index in [2.05, 4.69) is 21.2 Å². The molecule has 0 heterocycles. The van der Waals surface area contributed by atoms with Crippen molar-refractivity contribution >= 4 is 55.1 Å². The van der Waals surface area contributed by atoms with Crippen molar-refractivity contribution in [3.8, 4) is 5.75 Å². The molecular weight excluding hydrogens is 666 g/mol. The largest absolute Gasteiger partial charge is 0.495 e. The molecule has 8 nitrogen and oxygen atoms in total. The molecule has 0 spiro atoms. The number of carbonyl (C=O) groups excluding carboxylic acids is 2. The van der Waals surface area contributed by atoms with E-state index >= 15 is 0 Å². The molecule has 0 fully saturated rings. The first kappa shape index (κ1) is 33.0. The number of nitrogens with one attached hydrogen (secondary N) is 1. The van der Waals surface area contributed by atoms with Crippen molar-refractivity contribution in [3.63, 3.8) is 0 Å². The van der Waals surface area contributed by atoms with Gasteiger partial charge in [-0.15, -0.1) is 0 Å². The molecule has 4 aromatic rings. The smallest absolute Gasteiger partial charge is 0.264 e. The fourth-order valence-electron chi connectivity index (χ4n) is 4.76. The number of halogens is 2. The molecule has 0 aliphatic carbocycles. The maximum atomic E-state index is 14.4. The average molecular weight is 699 g/mol. The number of aryl methyl sites for hydroxylation is 1. The molecule has 0 aliphatic rings. The highest BCUT2D eigenvalue weighted by molar-refractivity contribution is 9.10. The van der Waals surface area contributed by atoms with Crippen LogP contribution in [-0.2, 0) is 32.6 Å². The molecule has 1 N–H and O–H groups in total. The number of benzene rings is 4. The molecule has 4 rings (SSSR count).